The number of benzene rings is 2. The number of hydrogen-bond donors (Lipinski definition) is 1. The van der Waals surface area contributed by atoms with Crippen molar-refractivity contribution < 1.29 is 13.9 Å². The van der Waals surface area contributed by atoms with Crippen molar-refractivity contribution in [1.82, 2.24) is 14.8 Å². The third-order valence-electron chi connectivity index (χ3n) is 4.75. The van der Waals surface area contributed by atoms with Crippen LogP contribution in [-0.4, -0.2) is 26.4 Å². The molecule has 1 unspecified atom stereocenters. The second kappa shape index (κ2) is 10.4. The third-order valence-corrected chi connectivity index (χ3v) is 5.71. The molecule has 1 atom stereocenters. The number of halogens is 1. The number of amides is 1. The molecule has 2 aromatic carbocycles. The molecular weight excluding hydrogens is 415 g/mol. The summed E-state index contributed by atoms with van der Waals surface area (Å²) < 4.78 is 20.9. The lowest BCUT2D eigenvalue weighted by molar-refractivity contribution is -0.113. The highest BCUT2D eigenvalue weighted by Crippen LogP contribution is 2.25. The van der Waals surface area contributed by atoms with Crippen molar-refractivity contribution >= 4 is 23.4 Å². The minimum absolute atomic E-state index is 0.106. The molecule has 0 aliphatic heterocycles. The van der Waals surface area contributed by atoms with Crippen molar-refractivity contribution in [3.63, 3.8) is 0 Å². The lowest BCUT2D eigenvalue weighted by Crippen LogP contribution is -2.15. The molecule has 8 heteroatoms. The summed E-state index contributed by atoms with van der Waals surface area (Å²) in [6.45, 7) is 8.75. The van der Waals surface area contributed by atoms with Crippen LogP contribution >= 0.6 is 11.8 Å². The average molecular weight is 443 g/mol. The molecule has 1 aromatic heterocycles. The van der Waals surface area contributed by atoms with Crippen LogP contribution in [0.2, 0.25) is 0 Å². The molecule has 3 rings (SSSR count). The number of nitrogens with one attached hydrogen (secondary N) is 1. The molecule has 0 spiro atoms. The summed E-state index contributed by atoms with van der Waals surface area (Å²) in [4.78, 5) is 12.4. The molecule has 0 radical (unpaired) electrons. The summed E-state index contributed by atoms with van der Waals surface area (Å²) in [6.07, 6.45) is -0.374. The quantitative estimate of drug-likeness (QED) is 0.448. The Labute approximate surface area is 186 Å². The van der Waals surface area contributed by atoms with Gasteiger partial charge in [0.05, 0.1) is 5.75 Å². The smallest absolute Gasteiger partial charge is 0.234 e. The number of carbonyl (C=O) groups is 1. The van der Waals surface area contributed by atoms with E-state index in [1.165, 1.54) is 29.5 Å². The number of hydrogen-bond acceptors (Lipinski definition) is 5. The molecule has 6 nitrogen and oxygen atoms in total. The predicted molar refractivity (Wildman–Crippen MR) is 121 cm³/mol. The van der Waals surface area contributed by atoms with Crippen molar-refractivity contribution in [2.45, 2.75) is 51.4 Å². The van der Waals surface area contributed by atoms with Crippen molar-refractivity contribution in [3.05, 3.63) is 65.7 Å². The number of aromatic nitrogens is 3. The topological polar surface area (TPSA) is 69.0 Å². The van der Waals surface area contributed by atoms with Crippen LogP contribution in [-0.2, 0) is 11.3 Å². The summed E-state index contributed by atoms with van der Waals surface area (Å²) in [5.74, 6) is 1.45. The highest BCUT2D eigenvalue weighted by atomic mass is 32.2. The van der Waals surface area contributed by atoms with Crippen LogP contribution in [0.4, 0.5) is 10.1 Å². The lowest BCUT2D eigenvalue weighted by Gasteiger charge is -2.15. The molecule has 164 valence electrons. The highest BCUT2D eigenvalue weighted by Gasteiger charge is 2.19. The number of thioether (sulfide) groups is 1. The maximum atomic E-state index is 13.1. The van der Waals surface area contributed by atoms with Crippen LogP contribution in [0.3, 0.4) is 0 Å². The Morgan fingerprint density at radius 2 is 1.77 bits per heavy atom. The zero-order valence-corrected chi connectivity index (χ0v) is 18.9. The molecular formula is C23H27FN4O2S. The normalized spacial score (nSPS) is 12.1. The summed E-state index contributed by atoms with van der Waals surface area (Å²) in [5.41, 5.74) is 2.00. The Morgan fingerprint density at radius 1 is 1.10 bits per heavy atom. The first-order chi connectivity index (χ1) is 14.9. The van der Waals surface area contributed by atoms with Gasteiger partial charge in [0.1, 0.15) is 11.6 Å². The minimum Gasteiger partial charge on any atom is -0.483 e. The zero-order chi connectivity index (χ0) is 22.4. The standard InChI is InChI=1S/C23H27FN4O2S/c1-5-28-22(16(4)30-20-12-8-18(24)9-13-20)26-27-23(28)31-14-21(29)25-19-10-6-17(7-11-19)15(2)3/h6-13,15-16H,5,14H2,1-4H3,(H,25,29). The second-order valence-electron chi connectivity index (χ2n) is 7.41. The van der Waals surface area contributed by atoms with Gasteiger partial charge >= 0.3 is 0 Å². The van der Waals surface area contributed by atoms with Crippen molar-refractivity contribution in [2.75, 3.05) is 11.1 Å². The lowest BCUT2D eigenvalue weighted by atomic mass is 10.0. The predicted octanol–water partition coefficient (Wildman–Crippen LogP) is 5.43. The largest absolute Gasteiger partial charge is 0.483 e. The molecule has 0 saturated heterocycles. The fourth-order valence-corrected chi connectivity index (χ4v) is 3.86. The summed E-state index contributed by atoms with van der Waals surface area (Å²) in [6, 6.07) is 13.7. The molecule has 0 bridgehead atoms. The Hall–Kier alpha value is -2.87. The van der Waals surface area contributed by atoms with E-state index in [0.717, 1.165) is 5.69 Å². The van der Waals surface area contributed by atoms with E-state index in [0.29, 0.717) is 29.2 Å². The van der Waals surface area contributed by atoms with Gasteiger partial charge in [0, 0.05) is 12.2 Å². The number of nitrogens with zero attached hydrogens (tertiary/aromatic N) is 3. The molecule has 0 aliphatic rings. The van der Waals surface area contributed by atoms with Gasteiger partial charge in [0.15, 0.2) is 17.1 Å². The first kappa shape index (κ1) is 22.8. The number of rotatable bonds is 9. The van der Waals surface area contributed by atoms with Gasteiger partial charge < -0.3 is 14.6 Å². The van der Waals surface area contributed by atoms with E-state index in [9.17, 15) is 9.18 Å². The van der Waals surface area contributed by atoms with Gasteiger partial charge in [-0.3, -0.25) is 4.79 Å². The maximum Gasteiger partial charge on any atom is 0.234 e. The van der Waals surface area contributed by atoms with Crippen LogP contribution < -0.4 is 10.1 Å². The van der Waals surface area contributed by atoms with Crippen LogP contribution in [0.5, 0.6) is 5.75 Å². The average Bonchev–Trinajstić information content (AvgIpc) is 3.17. The number of carbonyl (C=O) groups excluding carboxylic acids is 1. The monoisotopic (exact) mass is 442 g/mol. The Morgan fingerprint density at radius 3 is 2.39 bits per heavy atom. The summed E-state index contributed by atoms with van der Waals surface area (Å²) >= 11 is 1.33. The van der Waals surface area contributed by atoms with Gasteiger partial charge in [0.2, 0.25) is 5.91 Å². The molecule has 1 amide bonds. The molecule has 0 aliphatic carbocycles. The van der Waals surface area contributed by atoms with Gasteiger partial charge in [0.25, 0.3) is 0 Å². The van der Waals surface area contributed by atoms with Crippen LogP contribution in [0.25, 0.3) is 0 Å². The van der Waals surface area contributed by atoms with Gasteiger partial charge in [-0.15, -0.1) is 10.2 Å². The Balaban J connectivity index is 1.59. The fourth-order valence-electron chi connectivity index (χ4n) is 3.05. The number of ether oxygens (including phenoxy) is 1. The molecule has 3 aromatic rings. The van der Waals surface area contributed by atoms with Gasteiger partial charge in [-0.25, -0.2) is 4.39 Å². The maximum absolute atomic E-state index is 13.1. The third kappa shape index (κ3) is 6.07. The van der Waals surface area contributed by atoms with E-state index < -0.39 is 0 Å². The molecule has 1 heterocycles. The Bertz CT molecular complexity index is 1000. The van der Waals surface area contributed by atoms with Crippen LogP contribution in [0.1, 0.15) is 51.1 Å². The van der Waals surface area contributed by atoms with E-state index >= 15 is 0 Å². The van der Waals surface area contributed by atoms with E-state index in [-0.39, 0.29) is 23.6 Å². The first-order valence-corrected chi connectivity index (χ1v) is 11.2. The Kier molecular flexibility index (Phi) is 7.68. The number of anilines is 1. The van der Waals surface area contributed by atoms with Gasteiger partial charge in [-0.2, -0.15) is 0 Å². The summed E-state index contributed by atoms with van der Waals surface area (Å²) in [5, 5.41) is 12.0. The van der Waals surface area contributed by atoms with Gasteiger partial charge in [-0.1, -0.05) is 37.7 Å². The van der Waals surface area contributed by atoms with E-state index in [2.05, 4.69) is 29.4 Å². The van der Waals surface area contributed by atoms with Gasteiger partial charge in [-0.05, 0) is 61.7 Å². The first-order valence-electron chi connectivity index (χ1n) is 10.2. The minimum atomic E-state index is -0.374. The molecule has 1 N–H and O–H groups in total. The SMILES string of the molecule is CCn1c(SCC(=O)Nc2ccc(C(C)C)cc2)nnc1C(C)Oc1ccc(F)cc1. The van der Waals surface area contributed by atoms with E-state index in [4.69, 9.17) is 4.74 Å². The van der Waals surface area contributed by atoms with Crippen molar-refractivity contribution in [3.8, 4) is 5.75 Å². The van der Waals surface area contributed by atoms with Crippen molar-refractivity contribution in [2.24, 2.45) is 0 Å². The van der Waals surface area contributed by atoms with E-state index in [1.54, 1.807) is 12.1 Å². The summed E-state index contributed by atoms with van der Waals surface area (Å²) in [7, 11) is 0. The zero-order valence-electron chi connectivity index (χ0n) is 18.1. The van der Waals surface area contributed by atoms with E-state index in [1.807, 2.05) is 42.7 Å². The molecule has 0 saturated carbocycles. The van der Waals surface area contributed by atoms with Crippen LogP contribution in [0, 0.1) is 5.82 Å². The second-order valence-corrected chi connectivity index (χ2v) is 8.36. The van der Waals surface area contributed by atoms with Crippen molar-refractivity contribution in [1.29, 1.82) is 0 Å². The molecule has 31 heavy (non-hydrogen) atoms. The van der Waals surface area contributed by atoms with Crippen LogP contribution in [0.15, 0.2) is 53.7 Å². The highest BCUT2D eigenvalue weighted by molar-refractivity contribution is 7.99. The fraction of sp³-hybridized carbons (Fsp3) is 0.348. The molecule has 0 fully saturated rings.